The van der Waals surface area contributed by atoms with E-state index in [4.69, 9.17) is 4.42 Å². The van der Waals surface area contributed by atoms with Gasteiger partial charge in [-0.2, -0.15) is 0 Å². The van der Waals surface area contributed by atoms with E-state index in [1.165, 1.54) is 0 Å². The van der Waals surface area contributed by atoms with E-state index >= 15 is 0 Å². The molecule has 0 aliphatic carbocycles. The maximum Gasteiger partial charge on any atom is 0.154 e. The summed E-state index contributed by atoms with van der Waals surface area (Å²) in [5, 5.41) is 3.07. The van der Waals surface area contributed by atoms with Crippen molar-refractivity contribution < 1.29 is 4.42 Å². The van der Waals surface area contributed by atoms with Gasteiger partial charge in [-0.25, -0.2) is 4.98 Å². The first-order valence-corrected chi connectivity index (χ1v) is 4.55. The summed E-state index contributed by atoms with van der Waals surface area (Å²) < 4.78 is 5.50. The second-order valence-corrected chi connectivity index (χ2v) is 3.17. The number of nitrogens with one attached hydrogen (secondary N) is 2. The second kappa shape index (κ2) is 3.67. The van der Waals surface area contributed by atoms with Crippen LogP contribution in [0.5, 0.6) is 0 Å². The molecule has 74 valence electrons. The Morgan fingerprint density at radius 1 is 1.50 bits per heavy atom. The first-order chi connectivity index (χ1) is 6.81. The van der Waals surface area contributed by atoms with E-state index in [0.717, 1.165) is 29.5 Å². The van der Waals surface area contributed by atoms with Gasteiger partial charge < -0.3 is 14.7 Å². The highest BCUT2D eigenvalue weighted by Crippen LogP contribution is 2.22. The normalized spacial score (nSPS) is 10.7. The van der Waals surface area contributed by atoms with E-state index in [-0.39, 0.29) is 0 Å². The summed E-state index contributed by atoms with van der Waals surface area (Å²) in [6, 6.07) is 3.87. The van der Waals surface area contributed by atoms with Crippen LogP contribution in [0.2, 0.25) is 0 Å². The summed E-state index contributed by atoms with van der Waals surface area (Å²) in [5.74, 6) is 1.72. The summed E-state index contributed by atoms with van der Waals surface area (Å²) >= 11 is 0. The number of aromatic amines is 1. The third-order valence-corrected chi connectivity index (χ3v) is 2.05. The fraction of sp³-hybridized carbons (Fsp3) is 0.300. The molecule has 0 bridgehead atoms. The van der Waals surface area contributed by atoms with Crippen LogP contribution in [0.25, 0.3) is 11.5 Å². The van der Waals surface area contributed by atoms with Gasteiger partial charge in [0.05, 0.1) is 12.0 Å². The molecule has 2 N–H and O–H groups in total. The minimum absolute atomic E-state index is 0.759. The van der Waals surface area contributed by atoms with Crippen molar-refractivity contribution in [1.29, 1.82) is 0 Å². The fourth-order valence-corrected chi connectivity index (χ4v) is 1.41. The lowest BCUT2D eigenvalue weighted by atomic mass is 10.2. The standard InChI is InChI=1S/C10H13N3O/c1-7-3-4-9(14-7)10-8(5-11-2)12-6-13-10/h3-4,6,11H,5H2,1-2H3,(H,12,13). The Balaban J connectivity index is 2.36. The quantitative estimate of drug-likeness (QED) is 0.776. The lowest BCUT2D eigenvalue weighted by Crippen LogP contribution is -2.06. The Bertz CT molecular complexity index is 416. The molecule has 2 aromatic heterocycles. The number of H-pyrrole nitrogens is 1. The van der Waals surface area contributed by atoms with Crippen molar-refractivity contribution >= 4 is 0 Å². The average molecular weight is 191 g/mol. The van der Waals surface area contributed by atoms with Crippen LogP contribution >= 0.6 is 0 Å². The first kappa shape index (κ1) is 9.02. The molecule has 2 heterocycles. The molecular formula is C10H13N3O. The van der Waals surface area contributed by atoms with Crippen molar-refractivity contribution in [3.8, 4) is 11.5 Å². The van der Waals surface area contributed by atoms with Crippen LogP contribution in [0.3, 0.4) is 0 Å². The van der Waals surface area contributed by atoms with Crippen LogP contribution in [0.15, 0.2) is 22.9 Å². The zero-order valence-electron chi connectivity index (χ0n) is 8.29. The molecule has 0 fully saturated rings. The Labute approximate surface area is 82.4 Å². The fourth-order valence-electron chi connectivity index (χ4n) is 1.41. The van der Waals surface area contributed by atoms with E-state index < -0.39 is 0 Å². The molecule has 0 spiro atoms. The molecule has 0 atom stereocenters. The predicted molar refractivity (Wildman–Crippen MR) is 53.8 cm³/mol. The van der Waals surface area contributed by atoms with Crippen molar-refractivity contribution in [1.82, 2.24) is 15.3 Å². The molecule has 0 unspecified atom stereocenters. The smallest absolute Gasteiger partial charge is 0.154 e. The number of imidazole rings is 1. The first-order valence-electron chi connectivity index (χ1n) is 4.55. The Kier molecular flexibility index (Phi) is 2.37. The summed E-state index contributed by atoms with van der Waals surface area (Å²) in [6.45, 7) is 2.68. The van der Waals surface area contributed by atoms with E-state index in [1.54, 1.807) is 6.33 Å². The van der Waals surface area contributed by atoms with E-state index in [1.807, 2.05) is 26.1 Å². The number of aromatic nitrogens is 2. The maximum atomic E-state index is 5.50. The minimum atomic E-state index is 0.759. The Morgan fingerprint density at radius 2 is 2.36 bits per heavy atom. The largest absolute Gasteiger partial charge is 0.460 e. The molecule has 0 aliphatic rings. The lowest BCUT2D eigenvalue weighted by molar-refractivity contribution is 0.545. The van der Waals surface area contributed by atoms with Crippen molar-refractivity contribution in [3.63, 3.8) is 0 Å². The highest BCUT2D eigenvalue weighted by atomic mass is 16.3. The van der Waals surface area contributed by atoms with Gasteiger partial charge in [-0.3, -0.25) is 0 Å². The third kappa shape index (κ3) is 1.56. The van der Waals surface area contributed by atoms with Crippen molar-refractivity contribution in [2.24, 2.45) is 0 Å². The highest BCUT2D eigenvalue weighted by molar-refractivity contribution is 5.55. The summed E-state index contributed by atoms with van der Waals surface area (Å²) in [5.41, 5.74) is 1.93. The van der Waals surface area contributed by atoms with Crippen LogP contribution in [0.4, 0.5) is 0 Å². The summed E-state index contributed by atoms with van der Waals surface area (Å²) in [7, 11) is 1.90. The van der Waals surface area contributed by atoms with Gasteiger partial charge in [-0.15, -0.1) is 0 Å². The van der Waals surface area contributed by atoms with Gasteiger partial charge in [-0.1, -0.05) is 0 Å². The van der Waals surface area contributed by atoms with Crippen LogP contribution < -0.4 is 5.32 Å². The molecule has 2 rings (SSSR count). The van der Waals surface area contributed by atoms with Gasteiger partial charge in [-0.05, 0) is 26.1 Å². The molecular weight excluding hydrogens is 178 g/mol. The number of hydrogen-bond donors (Lipinski definition) is 2. The SMILES string of the molecule is CNCc1[nH]cnc1-c1ccc(C)o1. The molecule has 14 heavy (non-hydrogen) atoms. The van der Waals surface area contributed by atoms with Crippen molar-refractivity contribution in [2.75, 3.05) is 7.05 Å². The van der Waals surface area contributed by atoms with Crippen LogP contribution in [0, 0.1) is 6.92 Å². The number of rotatable bonds is 3. The van der Waals surface area contributed by atoms with Crippen LogP contribution in [-0.4, -0.2) is 17.0 Å². The molecule has 4 heteroatoms. The molecule has 0 radical (unpaired) electrons. The summed E-state index contributed by atoms with van der Waals surface area (Å²) in [4.78, 5) is 7.31. The van der Waals surface area contributed by atoms with Crippen LogP contribution in [0.1, 0.15) is 11.5 Å². The van der Waals surface area contributed by atoms with Gasteiger partial charge in [0, 0.05) is 6.54 Å². The average Bonchev–Trinajstić information content (AvgIpc) is 2.74. The van der Waals surface area contributed by atoms with E-state index in [2.05, 4.69) is 15.3 Å². The highest BCUT2D eigenvalue weighted by Gasteiger charge is 2.10. The number of nitrogens with zero attached hydrogens (tertiary/aromatic N) is 1. The van der Waals surface area contributed by atoms with Gasteiger partial charge in [0.2, 0.25) is 0 Å². The van der Waals surface area contributed by atoms with Crippen molar-refractivity contribution in [3.05, 3.63) is 29.9 Å². The zero-order chi connectivity index (χ0) is 9.97. The maximum absolute atomic E-state index is 5.50. The number of hydrogen-bond acceptors (Lipinski definition) is 3. The van der Waals surface area contributed by atoms with Gasteiger partial charge in [0.25, 0.3) is 0 Å². The van der Waals surface area contributed by atoms with Gasteiger partial charge in [0.1, 0.15) is 11.5 Å². The summed E-state index contributed by atoms with van der Waals surface area (Å²) in [6.07, 6.45) is 1.68. The number of aryl methyl sites for hydroxylation is 1. The van der Waals surface area contributed by atoms with E-state index in [0.29, 0.717) is 0 Å². The minimum Gasteiger partial charge on any atom is -0.460 e. The number of furan rings is 1. The molecule has 2 aromatic rings. The van der Waals surface area contributed by atoms with Gasteiger partial charge in [0.15, 0.2) is 5.76 Å². The molecule has 0 saturated carbocycles. The lowest BCUT2D eigenvalue weighted by Gasteiger charge is -1.98. The Morgan fingerprint density at radius 3 is 3.00 bits per heavy atom. The second-order valence-electron chi connectivity index (χ2n) is 3.17. The monoisotopic (exact) mass is 191 g/mol. The van der Waals surface area contributed by atoms with Crippen molar-refractivity contribution in [2.45, 2.75) is 13.5 Å². The molecule has 0 aliphatic heterocycles. The van der Waals surface area contributed by atoms with Gasteiger partial charge >= 0.3 is 0 Å². The predicted octanol–water partition coefficient (Wildman–Crippen LogP) is 1.70. The third-order valence-electron chi connectivity index (χ3n) is 2.05. The molecule has 0 aromatic carbocycles. The Hall–Kier alpha value is -1.55. The van der Waals surface area contributed by atoms with E-state index in [9.17, 15) is 0 Å². The topological polar surface area (TPSA) is 53.9 Å². The van der Waals surface area contributed by atoms with Crippen LogP contribution in [-0.2, 0) is 6.54 Å². The molecule has 4 nitrogen and oxygen atoms in total. The molecule has 0 saturated heterocycles. The zero-order valence-corrected chi connectivity index (χ0v) is 8.29. The molecule has 0 amide bonds.